The van der Waals surface area contributed by atoms with Gasteiger partial charge in [-0.25, -0.2) is 0 Å². The lowest BCUT2D eigenvalue weighted by atomic mass is 9.96. The van der Waals surface area contributed by atoms with Gasteiger partial charge in [0.1, 0.15) is 17.1 Å². The molecule has 1 amide bonds. The smallest absolute Gasteiger partial charge is 0.248 e. The SMILES string of the molecule is CCOc1ccc(-c2coc3c(C)c(OCC)c(/C(C)=C/C(=O)Nc4ccccc4)cc23)cc1. The summed E-state index contributed by atoms with van der Waals surface area (Å²) in [7, 11) is 0. The average molecular weight is 456 g/mol. The van der Waals surface area contributed by atoms with Crippen LogP contribution in [0.4, 0.5) is 5.69 Å². The number of carbonyl (C=O) groups is 1. The van der Waals surface area contributed by atoms with E-state index in [0.29, 0.717) is 13.2 Å². The van der Waals surface area contributed by atoms with E-state index in [4.69, 9.17) is 13.9 Å². The summed E-state index contributed by atoms with van der Waals surface area (Å²) >= 11 is 0. The second-order valence-electron chi connectivity index (χ2n) is 7.98. The highest BCUT2D eigenvalue weighted by molar-refractivity contribution is 6.06. The van der Waals surface area contributed by atoms with Gasteiger partial charge in [0, 0.05) is 33.8 Å². The van der Waals surface area contributed by atoms with Crippen LogP contribution in [0.3, 0.4) is 0 Å². The number of allylic oxidation sites excluding steroid dienone is 1. The number of benzene rings is 3. The molecule has 34 heavy (non-hydrogen) atoms. The lowest BCUT2D eigenvalue weighted by Gasteiger charge is -2.15. The van der Waals surface area contributed by atoms with E-state index < -0.39 is 0 Å². The van der Waals surface area contributed by atoms with Gasteiger partial charge in [-0.05, 0) is 69.2 Å². The highest BCUT2D eigenvalue weighted by Crippen LogP contribution is 2.41. The van der Waals surface area contributed by atoms with Crippen molar-refractivity contribution < 1.29 is 18.7 Å². The number of nitrogens with one attached hydrogen (secondary N) is 1. The number of hydrogen-bond donors (Lipinski definition) is 1. The molecule has 4 rings (SSSR count). The molecule has 0 radical (unpaired) electrons. The molecule has 3 aromatic carbocycles. The van der Waals surface area contributed by atoms with Gasteiger partial charge in [0.05, 0.1) is 19.5 Å². The monoisotopic (exact) mass is 455 g/mol. The minimum absolute atomic E-state index is 0.192. The Balaban J connectivity index is 1.76. The summed E-state index contributed by atoms with van der Waals surface area (Å²) in [5.41, 5.74) is 6.11. The average Bonchev–Trinajstić information content (AvgIpc) is 3.26. The predicted molar refractivity (Wildman–Crippen MR) is 137 cm³/mol. The Labute approximate surface area is 200 Å². The van der Waals surface area contributed by atoms with Crippen LogP contribution in [-0.2, 0) is 4.79 Å². The van der Waals surface area contributed by atoms with Crippen molar-refractivity contribution >= 4 is 28.1 Å². The third kappa shape index (κ3) is 4.84. The third-order valence-corrected chi connectivity index (χ3v) is 5.62. The van der Waals surface area contributed by atoms with Crippen LogP contribution < -0.4 is 14.8 Å². The number of para-hydroxylation sites is 1. The standard InChI is InChI=1S/C29H29NO4/c1-5-32-23-14-12-21(13-15-23)26-18-34-29-20(4)28(33-6-2)24(17-25(26)29)19(3)16-27(31)30-22-10-8-7-9-11-22/h7-18H,5-6H2,1-4H3,(H,30,31)/b19-16+. The Morgan fingerprint density at radius 3 is 2.38 bits per heavy atom. The summed E-state index contributed by atoms with van der Waals surface area (Å²) in [5.74, 6) is 1.37. The molecule has 1 aromatic heterocycles. The maximum absolute atomic E-state index is 12.7. The third-order valence-electron chi connectivity index (χ3n) is 5.62. The summed E-state index contributed by atoms with van der Waals surface area (Å²) in [5, 5.41) is 3.88. The van der Waals surface area contributed by atoms with Crippen LogP contribution in [0.5, 0.6) is 11.5 Å². The molecule has 0 aliphatic carbocycles. The molecule has 5 heteroatoms. The number of amides is 1. The highest BCUT2D eigenvalue weighted by Gasteiger charge is 2.19. The summed E-state index contributed by atoms with van der Waals surface area (Å²) in [4.78, 5) is 12.7. The lowest BCUT2D eigenvalue weighted by Crippen LogP contribution is -2.08. The van der Waals surface area contributed by atoms with Gasteiger partial charge in [0.15, 0.2) is 0 Å². The maximum atomic E-state index is 12.7. The first-order valence-corrected chi connectivity index (χ1v) is 11.5. The minimum atomic E-state index is -0.192. The minimum Gasteiger partial charge on any atom is -0.494 e. The number of carbonyl (C=O) groups excluding carboxylic acids is 1. The zero-order valence-corrected chi connectivity index (χ0v) is 20.0. The quantitative estimate of drug-likeness (QED) is 0.284. The fourth-order valence-electron chi connectivity index (χ4n) is 4.03. The van der Waals surface area contributed by atoms with Crippen molar-refractivity contribution in [2.45, 2.75) is 27.7 Å². The van der Waals surface area contributed by atoms with Crippen molar-refractivity contribution in [3.8, 4) is 22.6 Å². The first kappa shape index (κ1) is 23.2. The zero-order chi connectivity index (χ0) is 24.1. The second-order valence-corrected chi connectivity index (χ2v) is 7.98. The van der Waals surface area contributed by atoms with Crippen LogP contribution >= 0.6 is 0 Å². The molecule has 0 saturated heterocycles. The predicted octanol–water partition coefficient (Wildman–Crippen LogP) is 7.25. The van der Waals surface area contributed by atoms with Gasteiger partial charge < -0.3 is 19.2 Å². The van der Waals surface area contributed by atoms with Crippen LogP contribution in [0.25, 0.3) is 27.7 Å². The van der Waals surface area contributed by atoms with E-state index in [9.17, 15) is 4.79 Å². The molecule has 5 nitrogen and oxygen atoms in total. The van der Waals surface area contributed by atoms with Gasteiger partial charge >= 0.3 is 0 Å². The van der Waals surface area contributed by atoms with E-state index >= 15 is 0 Å². The number of furan rings is 1. The number of anilines is 1. The number of rotatable bonds is 8. The van der Waals surface area contributed by atoms with Gasteiger partial charge in [-0.3, -0.25) is 4.79 Å². The Morgan fingerprint density at radius 2 is 1.71 bits per heavy atom. The van der Waals surface area contributed by atoms with Crippen LogP contribution in [0.1, 0.15) is 31.9 Å². The molecule has 0 saturated carbocycles. The number of ether oxygens (including phenoxy) is 2. The lowest BCUT2D eigenvalue weighted by molar-refractivity contribution is -0.111. The Kier molecular flexibility index (Phi) is 7.02. The highest BCUT2D eigenvalue weighted by atomic mass is 16.5. The molecule has 1 heterocycles. The van der Waals surface area contributed by atoms with E-state index in [-0.39, 0.29) is 5.91 Å². The fraction of sp³-hybridized carbons (Fsp3) is 0.207. The van der Waals surface area contributed by atoms with E-state index in [1.807, 2.05) is 88.4 Å². The molecule has 0 fully saturated rings. The van der Waals surface area contributed by atoms with Gasteiger partial charge in [-0.15, -0.1) is 0 Å². The van der Waals surface area contributed by atoms with E-state index in [0.717, 1.165) is 56.0 Å². The van der Waals surface area contributed by atoms with Crippen molar-refractivity contribution in [2.24, 2.45) is 0 Å². The van der Waals surface area contributed by atoms with Crippen molar-refractivity contribution in [1.29, 1.82) is 0 Å². The van der Waals surface area contributed by atoms with Crippen molar-refractivity contribution in [3.63, 3.8) is 0 Å². The fourth-order valence-corrected chi connectivity index (χ4v) is 4.03. The molecular formula is C29H29NO4. The van der Waals surface area contributed by atoms with Crippen molar-refractivity contribution in [3.05, 3.63) is 84.1 Å². The molecule has 0 spiro atoms. The Bertz CT molecular complexity index is 1320. The molecule has 0 aliphatic heterocycles. The second kappa shape index (κ2) is 10.3. The summed E-state index contributed by atoms with van der Waals surface area (Å²) in [6, 6.07) is 19.4. The Hall–Kier alpha value is -3.99. The molecule has 4 aromatic rings. The summed E-state index contributed by atoms with van der Waals surface area (Å²) in [6.45, 7) is 8.95. The first-order valence-electron chi connectivity index (χ1n) is 11.5. The van der Waals surface area contributed by atoms with Crippen LogP contribution in [0, 0.1) is 6.92 Å². The molecular weight excluding hydrogens is 426 g/mol. The van der Waals surface area contributed by atoms with Crippen molar-refractivity contribution in [2.75, 3.05) is 18.5 Å². The normalized spacial score (nSPS) is 11.5. The van der Waals surface area contributed by atoms with Gasteiger partial charge in [0.2, 0.25) is 5.91 Å². The number of hydrogen-bond acceptors (Lipinski definition) is 4. The number of aryl methyl sites for hydroxylation is 1. The topological polar surface area (TPSA) is 60.7 Å². The van der Waals surface area contributed by atoms with Crippen molar-refractivity contribution in [1.82, 2.24) is 0 Å². The van der Waals surface area contributed by atoms with E-state index in [2.05, 4.69) is 5.32 Å². The maximum Gasteiger partial charge on any atom is 0.248 e. The first-order chi connectivity index (χ1) is 16.5. The van der Waals surface area contributed by atoms with E-state index in [1.54, 1.807) is 12.3 Å². The van der Waals surface area contributed by atoms with Crippen LogP contribution in [0.15, 0.2) is 77.4 Å². The molecule has 0 unspecified atom stereocenters. The summed E-state index contributed by atoms with van der Waals surface area (Å²) in [6.07, 6.45) is 3.38. The summed E-state index contributed by atoms with van der Waals surface area (Å²) < 4.78 is 17.6. The van der Waals surface area contributed by atoms with Gasteiger partial charge in [0.25, 0.3) is 0 Å². The molecule has 0 atom stereocenters. The molecule has 1 N–H and O–H groups in total. The molecule has 174 valence electrons. The number of fused-ring (bicyclic) bond motifs is 1. The molecule has 0 bridgehead atoms. The molecule has 0 aliphatic rings. The Morgan fingerprint density at radius 1 is 1.00 bits per heavy atom. The van der Waals surface area contributed by atoms with Crippen LogP contribution in [0.2, 0.25) is 0 Å². The largest absolute Gasteiger partial charge is 0.494 e. The van der Waals surface area contributed by atoms with E-state index in [1.165, 1.54) is 0 Å². The van der Waals surface area contributed by atoms with Gasteiger partial charge in [-0.2, -0.15) is 0 Å². The van der Waals surface area contributed by atoms with Gasteiger partial charge in [-0.1, -0.05) is 30.3 Å². The zero-order valence-electron chi connectivity index (χ0n) is 20.0. The van der Waals surface area contributed by atoms with Crippen LogP contribution in [-0.4, -0.2) is 19.1 Å².